The van der Waals surface area contributed by atoms with Crippen molar-refractivity contribution in [2.24, 2.45) is 5.92 Å². The number of hydrogen-bond acceptors (Lipinski definition) is 3. The van der Waals surface area contributed by atoms with Crippen molar-refractivity contribution >= 4 is 5.91 Å². The van der Waals surface area contributed by atoms with Gasteiger partial charge in [-0.25, -0.2) is 0 Å². The number of carbonyl (C=O) groups is 1. The van der Waals surface area contributed by atoms with E-state index in [1.165, 1.54) is 0 Å². The summed E-state index contributed by atoms with van der Waals surface area (Å²) in [6, 6.07) is 0.154. The highest BCUT2D eigenvalue weighted by atomic mass is 19.4. The number of alkyl halides is 3. The summed E-state index contributed by atoms with van der Waals surface area (Å²) in [5.41, 5.74) is 0. The van der Waals surface area contributed by atoms with Crippen LogP contribution >= 0.6 is 0 Å². The average Bonchev–Trinajstić information content (AvgIpc) is 2.32. The molecule has 0 aromatic carbocycles. The summed E-state index contributed by atoms with van der Waals surface area (Å²) in [6.07, 6.45) is -3.45. The van der Waals surface area contributed by atoms with Crippen LogP contribution in [0.25, 0.3) is 0 Å². The lowest BCUT2D eigenvalue weighted by atomic mass is 9.93. The highest BCUT2D eigenvalue weighted by molar-refractivity contribution is 5.76. The standard InChI is InChI=1S/C13H23F3N2O2/c1-10-8-17(2)6-4-11(10)18(3)12(19)5-7-20-9-13(14,15)16/h10-11H,4-9H2,1-3H3/t10-,11+/m0/s1. The fraction of sp³-hybridized carbons (Fsp3) is 0.923. The van der Waals surface area contributed by atoms with Crippen LogP contribution in [0.1, 0.15) is 19.8 Å². The van der Waals surface area contributed by atoms with E-state index in [0.717, 1.165) is 19.5 Å². The number of halogens is 3. The zero-order chi connectivity index (χ0) is 15.3. The van der Waals surface area contributed by atoms with Crippen molar-refractivity contribution in [1.29, 1.82) is 0 Å². The first kappa shape index (κ1) is 17.2. The molecule has 0 spiro atoms. The predicted molar refractivity (Wildman–Crippen MR) is 69.3 cm³/mol. The number of nitrogens with zero attached hydrogens (tertiary/aromatic N) is 2. The monoisotopic (exact) mass is 296 g/mol. The minimum absolute atomic E-state index is 0.00829. The molecule has 1 fully saturated rings. The molecular weight excluding hydrogens is 273 g/mol. The molecule has 7 heteroatoms. The summed E-state index contributed by atoms with van der Waals surface area (Å²) in [4.78, 5) is 15.8. The molecule has 1 heterocycles. The molecule has 1 saturated heterocycles. The Morgan fingerprint density at radius 2 is 2.10 bits per heavy atom. The van der Waals surface area contributed by atoms with E-state index in [2.05, 4.69) is 16.6 Å². The molecule has 1 aliphatic heterocycles. The predicted octanol–water partition coefficient (Wildman–Crippen LogP) is 1.75. The Bertz CT molecular complexity index is 323. The van der Waals surface area contributed by atoms with Gasteiger partial charge in [-0.05, 0) is 25.9 Å². The van der Waals surface area contributed by atoms with Gasteiger partial charge in [-0.1, -0.05) is 6.92 Å². The highest BCUT2D eigenvalue weighted by Gasteiger charge is 2.30. The Labute approximate surface area is 117 Å². The van der Waals surface area contributed by atoms with Crippen LogP contribution in [-0.2, 0) is 9.53 Å². The average molecular weight is 296 g/mol. The second-order valence-electron chi connectivity index (χ2n) is 5.52. The molecule has 0 saturated carbocycles. The van der Waals surface area contributed by atoms with Crippen LogP contribution in [0, 0.1) is 5.92 Å². The van der Waals surface area contributed by atoms with Crippen molar-refractivity contribution in [3.63, 3.8) is 0 Å². The molecule has 118 valence electrons. The van der Waals surface area contributed by atoms with Crippen LogP contribution in [0.5, 0.6) is 0 Å². The van der Waals surface area contributed by atoms with E-state index in [1.54, 1.807) is 11.9 Å². The fourth-order valence-corrected chi connectivity index (χ4v) is 2.63. The summed E-state index contributed by atoms with van der Waals surface area (Å²) in [5, 5.41) is 0. The first-order chi connectivity index (χ1) is 9.20. The lowest BCUT2D eigenvalue weighted by Crippen LogP contribution is -2.49. The molecule has 0 aromatic rings. The Morgan fingerprint density at radius 1 is 1.45 bits per heavy atom. The summed E-state index contributed by atoms with van der Waals surface area (Å²) in [7, 11) is 3.76. The first-order valence-corrected chi connectivity index (χ1v) is 6.79. The smallest absolute Gasteiger partial charge is 0.372 e. The van der Waals surface area contributed by atoms with Crippen LogP contribution in [0.15, 0.2) is 0 Å². The van der Waals surface area contributed by atoms with Gasteiger partial charge in [-0.2, -0.15) is 13.2 Å². The maximum Gasteiger partial charge on any atom is 0.411 e. The van der Waals surface area contributed by atoms with Crippen LogP contribution < -0.4 is 0 Å². The van der Waals surface area contributed by atoms with Gasteiger partial charge < -0.3 is 14.5 Å². The second kappa shape index (κ2) is 7.26. The molecule has 1 rings (SSSR count). The Morgan fingerprint density at radius 3 is 2.65 bits per heavy atom. The topological polar surface area (TPSA) is 32.8 Å². The van der Waals surface area contributed by atoms with E-state index in [1.807, 2.05) is 7.05 Å². The van der Waals surface area contributed by atoms with E-state index in [9.17, 15) is 18.0 Å². The van der Waals surface area contributed by atoms with Crippen LogP contribution in [-0.4, -0.2) is 68.3 Å². The Hall–Kier alpha value is -0.820. The summed E-state index contributed by atoms with van der Waals surface area (Å²) >= 11 is 0. The SMILES string of the molecule is C[C@H]1CN(C)CC[C@H]1N(C)C(=O)CCOCC(F)(F)F. The van der Waals surface area contributed by atoms with Gasteiger partial charge in [-0.15, -0.1) is 0 Å². The van der Waals surface area contributed by atoms with E-state index < -0.39 is 12.8 Å². The molecule has 0 radical (unpaired) electrons. The zero-order valence-electron chi connectivity index (χ0n) is 12.2. The van der Waals surface area contributed by atoms with Gasteiger partial charge in [0.25, 0.3) is 0 Å². The lowest BCUT2D eigenvalue weighted by Gasteiger charge is -2.40. The summed E-state index contributed by atoms with van der Waals surface area (Å²) in [6.45, 7) is 2.45. The molecule has 1 aliphatic rings. The van der Waals surface area contributed by atoms with Crippen molar-refractivity contribution in [2.75, 3.05) is 40.4 Å². The van der Waals surface area contributed by atoms with Crippen LogP contribution in [0.2, 0.25) is 0 Å². The molecule has 0 N–H and O–H groups in total. The van der Waals surface area contributed by atoms with E-state index in [0.29, 0.717) is 5.92 Å². The van der Waals surface area contributed by atoms with Gasteiger partial charge in [0.2, 0.25) is 5.91 Å². The van der Waals surface area contributed by atoms with Gasteiger partial charge in [0.15, 0.2) is 0 Å². The summed E-state index contributed by atoms with van der Waals surface area (Å²) in [5.74, 6) is 0.201. The number of amides is 1. The first-order valence-electron chi connectivity index (χ1n) is 6.79. The quantitative estimate of drug-likeness (QED) is 0.725. The maximum absolute atomic E-state index is 11.9. The Balaban J connectivity index is 2.32. The van der Waals surface area contributed by atoms with Gasteiger partial charge in [0.05, 0.1) is 13.0 Å². The van der Waals surface area contributed by atoms with Gasteiger partial charge in [0.1, 0.15) is 6.61 Å². The van der Waals surface area contributed by atoms with Gasteiger partial charge >= 0.3 is 6.18 Å². The number of ether oxygens (including phenoxy) is 1. The highest BCUT2D eigenvalue weighted by Crippen LogP contribution is 2.21. The molecule has 0 aromatic heterocycles. The second-order valence-corrected chi connectivity index (χ2v) is 5.52. The van der Waals surface area contributed by atoms with Crippen molar-refractivity contribution in [3.05, 3.63) is 0 Å². The van der Waals surface area contributed by atoms with Crippen molar-refractivity contribution < 1.29 is 22.7 Å². The van der Waals surface area contributed by atoms with Gasteiger partial charge in [0, 0.05) is 19.6 Å². The minimum Gasteiger partial charge on any atom is -0.372 e. The molecule has 1 amide bonds. The molecule has 0 aliphatic carbocycles. The Kier molecular flexibility index (Phi) is 6.26. The third-order valence-electron chi connectivity index (χ3n) is 3.68. The molecule has 2 atom stereocenters. The number of carbonyl (C=O) groups excluding carboxylic acids is 1. The molecular formula is C13H23F3N2O2. The van der Waals surface area contributed by atoms with E-state index in [4.69, 9.17) is 0 Å². The minimum atomic E-state index is -4.34. The molecule has 4 nitrogen and oxygen atoms in total. The third-order valence-corrected chi connectivity index (χ3v) is 3.68. The van der Waals surface area contributed by atoms with E-state index in [-0.39, 0.29) is 25.0 Å². The third kappa shape index (κ3) is 5.66. The lowest BCUT2D eigenvalue weighted by molar-refractivity contribution is -0.175. The zero-order valence-corrected chi connectivity index (χ0v) is 12.2. The van der Waals surface area contributed by atoms with E-state index >= 15 is 0 Å². The fourth-order valence-electron chi connectivity index (χ4n) is 2.63. The van der Waals surface area contributed by atoms with Crippen molar-refractivity contribution in [1.82, 2.24) is 9.80 Å². The van der Waals surface area contributed by atoms with Crippen LogP contribution in [0.3, 0.4) is 0 Å². The van der Waals surface area contributed by atoms with Crippen molar-refractivity contribution in [2.45, 2.75) is 32.0 Å². The van der Waals surface area contributed by atoms with Crippen LogP contribution in [0.4, 0.5) is 13.2 Å². The molecule has 0 unspecified atom stereocenters. The maximum atomic E-state index is 11.9. The normalized spacial score (nSPS) is 24.7. The molecule has 20 heavy (non-hydrogen) atoms. The number of hydrogen-bond donors (Lipinski definition) is 0. The number of piperidine rings is 1. The van der Waals surface area contributed by atoms with Gasteiger partial charge in [-0.3, -0.25) is 4.79 Å². The molecule has 0 bridgehead atoms. The number of rotatable bonds is 5. The number of likely N-dealkylation sites (tertiary alicyclic amines) is 1. The summed E-state index contributed by atoms with van der Waals surface area (Å²) < 4.78 is 40.1. The van der Waals surface area contributed by atoms with Crippen molar-refractivity contribution in [3.8, 4) is 0 Å². The largest absolute Gasteiger partial charge is 0.411 e.